The van der Waals surface area contributed by atoms with Gasteiger partial charge in [-0.25, -0.2) is 4.98 Å². The number of nitrogens with two attached hydrogens (primary N) is 1. The molecule has 2 saturated heterocycles. The molecule has 1 aromatic carbocycles. The molecule has 8 rings (SSSR count). The summed E-state index contributed by atoms with van der Waals surface area (Å²) in [6.07, 6.45) is 10.2. The molecule has 3 fully saturated rings. The van der Waals surface area contributed by atoms with Gasteiger partial charge in [0, 0.05) is 87.9 Å². The van der Waals surface area contributed by atoms with Gasteiger partial charge in [0.25, 0.3) is 28.8 Å². The van der Waals surface area contributed by atoms with E-state index in [0.29, 0.717) is 89.0 Å². The normalized spacial score (nSPS) is 20.7. The SMILES string of the molecule is Cc1nc2c(c(C(=O)NCC3CCC(C(=O)NCCOCCOCCCCCCCl)CC3)cn2[C@H]2CC(O)[C@@H](CO)O2)c(=O)[nH]1.Nc1nc2c(c(C(=O)NCc3ccc(C(=O)NCCOCCOCCCCCCCl)cc3)cn2[C@H]2CC(O)[C@@H](CO)O2)c(=O)[nH]1. The maximum absolute atomic E-state index is 13.3. The summed E-state index contributed by atoms with van der Waals surface area (Å²) in [6, 6.07) is 6.75. The maximum atomic E-state index is 13.3. The van der Waals surface area contributed by atoms with Gasteiger partial charge in [-0.15, -0.1) is 23.2 Å². The summed E-state index contributed by atoms with van der Waals surface area (Å²) in [5.74, 6) is 0.654. The second kappa shape index (κ2) is 37.4. The fourth-order valence-electron chi connectivity index (χ4n) is 11.0. The van der Waals surface area contributed by atoms with Crippen molar-refractivity contribution in [2.75, 3.05) is 103 Å². The number of fused-ring (bicyclic) bond motifs is 2. The van der Waals surface area contributed by atoms with Gasteiger partial charge in [-0.1, -0.05) is 37.8 Å². The number of aryl methyl sites for hydroxylation is 1. The number of aromatic nitrogens is 6. The van der Waals surface area contributed by atoms with Crippen LogP contribution in [0.2, 0.25) is 0 Å². The molecule has 0 bridgehead atoms. The molecule has 2 aliphatic heterocycles. The smallest absolute Gasteiger partial charge is 0.262 e. The van der Waals surface area contributed by atoms with Gasteiger partial charge in [0.1, 0.15) is 30.5 Å². The first-order valence-electron chi connectivity index (χ1n) is 31.2. The lowest BCUT2D eigenvalue weighted by Gasteiger charge is -2.27. The second-order valence-corrected chi connectivity index (χ2v) is 23.4. The predicted octanol–water partition coefficient (Wildman–Crippen LogP) is 3.60. The van der Waals surface area contributed by atoms with E-state index in [2.05, 4.69) is 41.2 Å². The highest BCUT2D eigenvalue weighted by molar-refractivity contribution is 6.18. The molecular formula is C61H89Cl2N11O16. The Bertz CT molecular complexity index is 3170. The van der Waals surface area contributed by atoms with Crippen molar-refractivity contribution >= 4 is 74.8 Å². The number of nitrogen functional groups attached to an aromatic ring is 1. The van der Waals surface area contributed by atoms with Gasteiger partial charge in [0.05, 0.1) is 87.0 Å². The molecule has 29 heteroatoms. The first-order chi connectivity index (χ1) is 43.6. The van der Waals surface area contributed by atoms with Crippen LogP contribution in [0.25, 0.3) is 22.1 Å². The Kier molecular flexibility index (Phi) is 29.7. The Labute approximate surface area is 531 Å². The van der Waals surface area contributed by atoms with Crippen molar-refractivity contribution in [1.29, 1.82) is 0 Å². The third kappa shape index (κ3) is 21.0. The van der Waals surface area contributed by atoms with E-state index in [9.17, 15) is 49.2 Å². The zero-order valence-electron chi connectivity index (χ0n) is 51.1. The molecule has 5 aromatic rings. The number of halogens is 2. The Morgan fingerprint density at radius 3 is 1.63 bits per heavy atom. The van der Waals surface area contributed by atoms with Crippen molar-refractivity contribution < 1.29 is 68.0 Å². The number of benzene rings is 1. The minimum Gasteiger partial charge on any atom is -0.394 e. The molecule has 0 spiro atoms. The molecule has 0 radical (unpaired) electrons. The number of alkyl halides is 2. The number of aliphatic hydroxyl groups is 4. The number of rotatable bonds is 36. The Hall–Kier alpha value is -6.08. The molecule has 2 unspecified atom stereocenters. The monoisotopic (exact) mass is 1300 g/mol. The molecule has 1 saturated carbocycles. The van der Waals surface area contributed by atoms with Crippen LogP contribution in [0.15, 0.2) is 46.2 Å². The summed E-state index contributed by atoms with van der Waals surface area (Å²) >= 11 is 11.3. The third-order valence-corrected chi connectivity index (χ3v) is 16.5. The van der Waals surface area contributed by atoms with E-state index in [1.165, 1.54) is 17.0 Å². The van der Waals surface area contributed by atoms with Crippen molar-refractivity contribution in [3.8, 4) is 0 Å². The number of aromatic amines is 2. The number of ether oxygens (including phenoxy) is 6. The zero-order chi connectivity index (χ0) is 64.4. The molecule has 498 valence electrons. The highest BCUT2D eigenvalue weighted by Crippen LogP contribution is 2.34. The molecule has 12 N–H and O–H groups in total. The number of aliphatic hydroxyl groups excluding tert-OH is 4. The van der Waals surface area contributed by atoms with Gasteiger partial charge in [-0.2, -0.15) is 4.98 Å². The number of amides is 4. The topological polar surface area (TPSA) is 380 Å². The highest BCUT2D eigenvalue weighted by Gasteiger charge is 2.38. The van der Waals surface area contributed by atoms with E-state index < -0.39 is 59.8 Å². The second-order valence-electron chi connectivity index (χ2n) is 22.6. The van der Waals surface area contributed by atoms with Crippen LogP contribution >= 0.6 is 23.2 Å². The molecule has 6 atom stereocenters. The van der Waals surface area contributed by atoms with Gasteiger partial charge in [0.2, 0.25) is 11.9 Å². The van der Waals surface area contributed by atoms with Crippen LogP contribution in [0.3, 0.4) is 0 Å². The zero-order valence-corrected chi connectivity index (χ0v) is 52.6. The van der Waals surface area contributed by atoms with Crippen molar-refractivity contribution in [1.82, 2.24) is 50.3 Å². The minimum atomic E-state index is -0.927. The lowest BCUT2D eigenvalue weighted by molar-refractivity contribution is -0.126. The summed E-state index contributed by atoms with van der Waals surface area (Å²) in [6.45, 7) is 6.53. The lowest BCUT2D eigenvalue weighted by atomic mass is 9.81. The van der Waals surface area contributed by atoms with E-state index >= 15 is 0 Å². The minimum absolute atomic E-state index is 0.0182. The number of hydrogen-bond donors (Lipinski definition) is 11. The van der Waals surface area contributed by atoms with Gasteiger partial charge in [0.15, 0.2) is 11.3 Å². The van der Waals surface area contributed by atoms with Crippen molar-refractivity contribution in [3.63, 3.8) is 0 Å². The van der Waals surface area contributed by atoms with Crippen LogP contribution in [0.5, 0.6) is 0 Å². The summed E-state index contributed by atoms with van der Waals surface area (Å²) in [4.78, 5) is 90.9. The molecule has 1 aliphatic carbocycles. The Morgan fingerprint density at radius 2 is 1.11 bits per heavy atom. The van der Waals surface area contributed by atoms with Crippen molar-refractivity contribution in [2.45, 2.75) is 140 Å². The number of nitrogens with one attached hydrogen (secondary N) is 6. The predicted molar refractivity (Wildman–Crippen MR) is 335 cm³/mol. The number of anilines is 1. The fraction of sp³-hybridized carbons (Fsp3) is 0.639. The molecule has 4 aromatic heterocycles. The highest BCUT2D eigenvalue weighted by atomic mass is 35.5. The van der Waals surface area contributed by atoms with Crippen LogP contribution in [0.4, 0.5) is 5.95 Å². The Morgan fingerprint density at radius 1 is 0.622 bits per heavy atom. The van der Waals surface area contributed by atoms with Crippen molar-refractivity contribution in [3.05, 3.63) is 85.4 Å². The third-order valence-electron chi connectivity index (χ3n) is 16.0. The summed E-state index contributed by atoms with van der Waals surface area (Å²) in [5.41, 5.74) is 6.53. The van der Waals surface area contributed by atoms with Crippen molar-refractivity contribution in [2.24, 2.45) is 11.8 Å². The van der Waals surface area contributed by atoms with E-state index in [4.69, 9.17) is 57.4 Å². The van der Waals surface area contributed by atoms with E-state index in [0.717, 1.165) is 89.2 Å². The fourth-order valence-corrected chi connectivity index (χ4v) is 11.4. The van der Waals surface area contributed by atoms with Gasteiger partial charge >= 0.3 is 0 Å². The first-order valence-corrected chi connectivity index (χ1v) is 32.3. The van der Waals surface area contributed by atoms with Crippen LogP contribution in [-0.2, 0) is 39.8 Å². The van der Waals surface area contributed by atoms with E-state index in [1.807, 2.05) is 0 Å². The Balaban J connectivity index is 0.000000256. The molecular weight excluding hydrogens is 1210 g/mol. The van der Waals surface area contributed by atoms with Crippen LogP contribution < -0.4 is 38.1 Å². The van der Waals surface area contributed by atoms with Crippen LogP contribution in [0, 0.1) is 18.8 Å². The molecule has 3 aliphatic rings. The average molecular weight is 1300 g/mol. The molecule has 4 amide bonds. The maximum Gasteiger partial charge on any atom is 0.262 e. The summed E-state index contributed by atoms with van der Waals surface area (Å²) in [7, 11) is 0. The standard InChI is InChI=1S/C31H48ClN5O8.C30H41ClN6O8/c1-20-35-28-27(31(42)36-20)23(18-37(28)26-16-24(39)25(19-38)45-26)30(41)34-17-21-6-8-22(9-7-21)29(40)33-11-13-44-15-14-43-12-5-3-2-4-10-32;31-9-3-1-2-4-11-43-13-14-44-12-10-33-27(40)20-7-5-19(6-8-20)16-34-28(41)21-17-37(24-15-22(39)23(18-38)45-24)26-25(21)29(42)36-30(32)35-26/h18,21-22,24-26,38-39H,2-17,19H2,1H3,(H,33,40)(H,34,41)(H,35,36,42);5-8,17,22-24,38-39H,1-4,9-16,18H2,(H,33,40)(H,34,41)(H3,32,35,36,42)/t21?,22?,24?,25-,26-;22?,23-,24-/m11/s1. The molecule has 27 nitrogen and oxygen atoms in total. The number of carbonyl (C=O) groups excluding carboxylic acids is 4. The number of H-pyrrole nitrogens is 2. The number of nitrogens with zero attached hydrogens (tertiary/aromatic N) is 4. The van der Waals surface area contributed by atoms with Gasteiger partial charge < -0.3 is 90.0 Å². The number of hydrogen-bond acceptors (Lipinski definition) is 19. The largest absolute Gasteiger partial charge is 0.394 e. The van der Waals surface area contributed by atoms with Gasteiger partial charge in [-0.3, -0.25) is 33.8 Å². The summed E-state index contributed by atoms with van der Waals surface area (Å²) < 4.78 is 36.7. The number of unbranched alkanes of at least 4 members (excludes halogenated alkanes) is 6. The van der Waals surface area contributed by atoms with Crippen LogP contribution in [-0.4, -0.2) is 195 Å². The quantitative estimate of drug-likeness (QED) is 0.0202. The summed E-state index contributed by atoms with van der Waals surface area (Å²) in [5, 5.41) is 51.0. The average Bonchev–Trinajstić information content (AvgIpc) is 1.64. The van der Waals surface area contributed by atoms with Crippen LogP contribution in [0.1, 0.15) is 145 Å². The van der Waals surface area contributed by atoms with E-state index in [1.54, 1.807) is 35.8 Å². The number of carbonyl (C=O) groups is 4. The molecule has 6 heterocycles. The van der Waals surface area contributed by atoms with E-state index in [-0.39, 0.29) is 95.4 Å². The molecule has 90 heavy (non-hydrogen) atoms. The lowest BCUT2D eigenvalue weighted by Crippen LogP contribution is -2.37. The van der Waals surface area contributed by atoms with Gasteiger partial charge in [-0.05, 0) is 81.9 Å². The first kappa shape index (κ1) is 71.4.